The molecule has 0 radical (unpaired) electrons. The summed E-state index contributed by atoms with van der Waals surface area (Å²) in [5, 5.41) is 8.57. The molecule has 0 aliphatic carbocycles. The Balaban J connectivity index is 1.26. The molecule has 0 aromatic carbocycles. The van der Waals surface area contributed by atoms with Crippen molar-refractivity contribution in [2.24, 2.45) is 0 Å². The van der Waals surface area contributed by atoms with Crippen LogP contribution in [0.15, 0.2) is 22.8 Å². The second-order valence-corrected chi connectivity index (χ2v) is 6.54. The van der Waals surface area contributed by atoms with Gasteiger partial charge in [0.15, 0.2) is 0 Å². The number of nitrogens with zero attached hydrogens (tertiary/aromatic N) is 5. The van der Waals surface area contributed by atoms with Crippen molar-refractivity contribution in [2.75, 3.05) is 19.6 Å². The molecule has 1 saturated heterocycles. The monoisotopic (exact) mass is 329 g/mol. The number of rotatable bonds is 5. The van der Waals surface area contributed by atoms with Gasteiger partial charge < -0.3 is 13.9 Å². The van der Waals surface area contributed by atoms with Gasteiger partial charge in [-0.25, -0.2) is 0 Å². The summed E-state index contributed by atoms with van der Waals surface area (Å²) < 4.78 is 7.52. The summed E-state index contributed by atoms with van der Waals surface area (Å²) in [5.74, 6) is 3.23. The van der Waals surface area contributed by atoms with Gasteiger partial charge in [-0.15, -0.1) is 10.2 Å². The molecule has 2 aliphatic heterocycles. The van der Waals surface area contributed by atoms with Gasteiger partial charge in [0, 0.05) is 51.5 Å². The first kappa shape index (κ1) is 15.4. The maximum Gasteiger partial charge on any atom is 0.223 e. The van der Waals surface area contributed by atoms with Gasteiger partial charge in [0.05, 0.1) is 12.8 Å². The van der Waals surface area contributed by atoms with E-state index >= 15 is 0 Å². The zero-order valence-electron chi connectivity index (χ0n) is 14.0. The van der Waals surface area contributed by atoms with Crippen LogP contribution in [0.3, 0.4) is 0 Å². The largest absolute Gasteiger partial charge is 0.469 e. The van der Waals surface area contributed by atoms with Gasteiger partial charge in [0.2, 0.25) is 5.91 Å². The maximum atomic E-state index is 12.2. The summed E-state index contributed by atoms with van der Waals surface area (Å²) in [6.07, 6.45) is 3.78. The Morgan fingerprint density at radius 2 is 2.21 bits per heavy atom. The highest BCUT2D eigenvalue weighted by molar-refractivity contribution is 5.77. The van der Waals surface area contributed by atoms with Crippen LogP contribution in [0.1, 0.15) is 30.8 Å². The molecule has 0 N–H and O–H groups in total. The standard InChI is InChI=1S/C17H23N5O2/c1-2-15-18-19-16-12-20(7-8-22(15)16)13-10-21(11-13)17(23)6-5-14-4-3-9-24-14/h3-4,9,13H,2,5-8,10-12H2,1H3. The number of carbonyl (C=O) groups excluding carboxylic acids is 1. The van der Waals surface area contributed by atoms with E-state index in [1.54, 1.807) is 6.26 Å². The molecular weight excluding hydrogens is 306 g/mol. The number of amides is 1. The van der Waals surface area contributed by atoms with Crippen molar-refractivity contribution in [3.05, 3.63) is 35.8 Å². The number of furan rings is 1. The average Bonchev–Trinajstić information content (AvgIpc) is 3.20. The number of hydrogen-bond donors (Lipinski definition) is 0. The summed E-state index contributed by atoms with van der Waals surface area (Å²) in [6, 6.07) is 4.23. The molecule has 0 unspecified atom stereocenters. The minimum atomic E-state index is 0.219. The average molecular weight is 329 g/mol. The van der Waals surface area contributed by atoms with Crippen molar-refractivity contribution in [2.45, 2.75) is 45.3 Å². The van der Waals surface area contributed by atoms with Gasteiger partial charge in [0.25, 0.3) is 0 Å². The van der Waals surface area contributed by atoms with E-state index in [2.05, 4.69) is 26.6 Å². The Hall–Kier alpha value is -2.15. The van der Waals surface area contributed by atoms with Crippen LogP contribution in [-0.2, 0) is 30.7 Å². The highest BCUT2D eigenvalue weighted by Crippen LogP contribution is 2.22. The van der Waals surface area contributed by atoms with Gasteiger partial charge >= 0.3 is 0 Å². The fourth-order valence-corrected chi connectivity index (χ4v) is 3.54. The van der Waals surface area contributed by atoms with Gasteiger partial charge in [0.1, 0.15) is 17.4 Å². The van der Waals surface area contributed by atoms with Gasteiger partial charge in [-0.3, -0.25) is 9.69 Å². The molecule has 0 atom stereocenters. The van der Waals surface area contributed by atoms with Crippen molar-refractivity contribution in [1.82, 2.24) is 24.6 Å². The molecule has 24 heavy (non-hydrogen) atoms. The van der Waals surface area contributed by atoms with Gasteiger partial charge in [-0.2, -0.15) is 0 Å². The Morgan fingerprint density at radius 3 is 2.96 bits per heavy atom. The molecule has 1 fully saturated rings. The SMILES string of the molecule is CCc1nnc2n1CCN(C1CN(C(=O)CCc3ccco3)C1)C2. The fourth-order valence-electron chi connectivity index (χ4n) is 3.54. The third-order valence-electron chi connectivity index (χ3n) is 5.07. The highest BCUT2D eigenvalue weighted by atomic mass is 16.3. The van der Waals surface area contributed by atoms with Crippen LogP contribution in [0.5, 0.6) is 0 Å². The van der Waals surface area contributed by atoms with E-state index in [9.17, 15) is 4.79 Å². The van der Waals surface area contributed by atoms with E-state index < -0.39 is 0 Å². The summed E-state index contributed by atoms with van der Waals surface area (Å²) in [5.41, 5.74) is 0. The molecule has 128 valence electrons. The molecule has 1 amide bonds. The quantitative estimate of drug-likeness (QED) is 0.821. The lowest BCUT2D eigenvalue weighted by Gasteiger charge is -2.46. The first-order valence-corrected chi connectivity index (χ1v) is 8.69. The number of aryl methyl sites for hydroxylation is 2. The third kappa shape index (κ3) is 2.84. The molecule has 2 aromatic heterocycles. The lowest BCUT2D eigenvalue weighted by atomic mass is 10.0. The molecule has 2 aliphatic rings. The lowest BCUT2D eigenvalue weighted by Crippen LogP contribution is -2.62. The topological polar surface area (TPSA) is 67.4 Å². The number of aromatic nitrogens is 3. The predicted octanol–water partition coefficient (Wildman–Crippen LogP) is 1.09. The zero-order valence-corrected chi connectivity index (χ0v) is 14.0. The van der Waals surface area contributed by atoms with Crippen molar-refractivity contribution in [1.29, 1.82) is 0 Å². The second-order valence-electron chi connectivity index (χ2n) is 6.54. The maximum absolute atomic E-state index is 12.2. The Morgan fingerprint density at radius 1 is 1.33 bits per heavy atom. The predicted molar refractivity (Wildman–Crippen MR) is 87.2 cm³/mol. The summed E-state index contributed by atoms with van der Waals surface area (Å²) in [6.45, 7) is 6.57. The number of fused-ring (bicyclic) bond motifs is 1. The highest BCUT2D eigenvalue weighted by Gasteiger charge is 2.36. The number of hydrogen-bond acceptors (Lipinski definition) is 5. The molecular formula is C17H23N5O2. The van der Waals surface area contributed by atoms with Crippen molar-refractivity contribution in [3.8, 4) is 0 Å². The van der Waals surface area contributed by atoms with Crippen LogP contribution in [0.25, 0.3) is 0 Å². The molecule has 4 rings (SSSR count). The first-order chi connectivity index (χ1) is 11.7. The smallest absolute Gasteiger partial charge is 0.223 e. The molecule has 0 bridgehead atoms. The van der Waals surface area contributed by atoms with Crippen molar-refractivity contribution in [3.63, 3.8) is 0 Å². The van der Waals surface area contributed by atoms with Crippen LogP contribution >= 0.6 is 0 Å². The Labute approximate surface area is 141 Å². The van der Waals surface area contributed by atoms with Gasteiger partial charge in [-0.05, 0) is 12.1 Å². The fraction of sp³-hybridized carbons (Fsp3) is 0.588. The van der Waals surface area contributed by atoms with Gasteiger partial charge in [-0.1, -0.05) is 6.92 Å². The van der Waals surface area contributed by atoms with Crippen LogP contribution in [-0.4, -0.2) is 56.1 Å². The minimum Gasteiger partial charge on any atom is -0.469 e. The molecule has 0 spiro atoms. The second kappa shape index (κ2) is 6.39. The van der Waals surface area contributed by atoms with E-state index in [1.165, 1.54) is 0 Å². The first-order valence-electron chi connectivity index (χ1n) is 8.69. The van der Waals surface area contributed by atoms with E-state index in [0.29, 0.717) is 18.9 Å². The van der Waals surface area contributed by atoms with Crippen LogP contribution in [0.4, 0.5) is 0 Å². The van der Waals surface area contributed by atoms with Crippen molar-refractivity contribution < 1.29 is 9.21 Å². The lowest BCUT2D eigenvalue weighted by molar-refractivity contribution is -0.139. The number of likely N-dealkylation sites (tertiary alicyclic amines) is 1. The molecule has 2 aromatic rings. The van der Waals surface area contributed by atoms with Crippen LogP contribution in [0.2, 0.25) is 0 Å². The molecule has 7 nitrogen and oxygen atoms in total. The summed E-state index contributed by atoms with van der Waals surface area (Å²) in [4.78, 5) is 16.6. The Kier molecular flexibility index (Phi) is 4.10. The Bertz CT molecular complexity index is 703. The molecule has 7 heteroatoms. The third-order valence-corrected chi connectivity index (χ3v) is 5.07. The van der Waals surface area contributed by atoms with E-state index in [4.69, 9.17) is 4.42 Å². The van der Waals surface area contributed by atoms with Crippen molar-refractivity contribution >= 4 is 5.91 Å². The van der Waals surface area contributed by atoms with E-state index in [1.807, 2.05) is 17.0 Å². The zero-order chi connectivity index (χ0) is 16.5. The van der Waals surface area contributed by atoms with Crippen LogP contribution < -0.4 is 0 Å². The number of carbonyl (C=O) groups is 1. The normalized spacial score (nSPS) is 18.5. The minimum absolute atomic E-state index is 0.219. The van der Waals surface area contributed by atoms with Crippen LogP contribution in [0, 0.1) is 0 Å². The molecule has 4 heterocycles. The molecule has 0 saturated carbocycles. The summed E-state index contributed by atoms with van der Waals surface area (Å²) >= 11 is 0. The summed E-state index contributed by atoms with van der Waals surface area (Å²) in [7, 11) is 0. The van der Waals surface area contributed by atoms with E-state index in [0.717, 1.165) is 56.6 Å². The van der Waals surface area contributed by atoms with E-state index in [-0.39, 0.29) is 5.91 Å².